The normalized spacial score (nSPS) is 41.0. The maximum atomic E-state index is 14.8. The molecule has 6 rings (SSSR count). The minimum absolute atomic E-state index is 0.0356. The number of hydrogen-bond acceptors (Lipinski definition) is 12. The Morgan fingerprint density at radius 2 is 1.60 bits per heavy atom. The van der Waals surface area contributed by atoms with Gasteiger partial charge in [-0.1, -0.05) is 54.0 Å². The Morgan fingerprint density at radius 3 is 2.25 bits per heavy atom. The van der Waals surface area contributed by atoms with Crippen LogP contribution in [0.25, 0.3) is 0 Å². The minimum Gasteiger partial charge on any atom is -0.505 e. The fourth-order valence-corrected chi connectivity index (χ4v) is 12.4. The number of ether oxygens (including phenoxy) is 4. The van der Waals surface area contributed by atoms with Crippen LogP contribution in [0.4, 0.5) is 0 Å². The van der Waals surface area contributed by atoms with Crippen molar-refractivity contribution in [2.45, 2.75) is 151 Å². The Balaban J connectivity index is 1.19. The Hall–Kier alpha value is -3.41. The van der Waals surface area contributed by atoms with Crippen molar-refractivity contribution in [1.82, 2.24) is 0 Å². The molecule has 3 N–H and O–H groups in total. The summed E-state index contributed by atoms with van der Waals surface area (Å²) >= 11 is 0. The van der Waals surface area contributed by atoms with Gasteiger partial charge in [-0.3, -0.25) is 19.2 Å². The second-order valence-electron chi connectivity index (χ2n) is 19.5. The number of aliphatic hydroxyl groups is 3. The lowest BCUT2D eigenvalue weighted by molar-refractivity contribution is -0.211. The highest BCUT2D eigenvalue weighted by molar-refractivity contribution is 5.96. The maximum absolute atomic E-state index is 14.8. The molecule has 12 nitrogen and oxygen atoms in total. The van der Waals surface area contributed by atoms with Gasteiger partial charge in [0.15, 0.2) is 17.6 Å². The first-order valence-corrected chi connectivity index (χ1v) is 20.4. The van der Waals surface area contributed by atoms with Crippen molar-refractivity contribution >= 4 is 29.7 Å². The fraction of sp³-hybridized carbons (Fsp3) is 0.791. The van der Waals surface area contributed by atoms with Gasteiger partial charge in [0.1, 0.15) is 18.8 Å². The number of ketones is 1. The predicted octanol–water partition coefficient (Wildman–Crippen LogP) is 6.77. The van der Waals surface area contributed by atoms with Gasteiger partial charge in [-0.2, -0.15) is 0 Å². The molecule has 0 radical (unpaired) electrons. The first kappa shape index (κ1) is 41.2. The van der Waals surface area contributed by atoms with E-state index in [1.54, 1.807) is 6.92 Å². The lowest BCUT2D eigenvalue weighted by Gasteiger charge is -2.70. The molecule has 12 heteroatoms. The Labute approximate surface area is 324 Å². The first-order chi connectivity index (χ1) is 25.6. The van der Waals surface area contributed by atoms with Crippen LogP contribution in [-0.4, -0.2) is 76.5 Å². The lowest BCUT2D eigenvalue weighted by Crippen LogP contribution is -2.66. The van der Waals surface area contributed by atoms with E-state index in [2.05, 4.69) is 41.5 Å². The molecule has 6 aliphatic rings. The van der Waals surface area contributed by atoms with E-state index in [9.17, 15) is 39.3 Å². The number of rotatable bonds is 10. The summed E-state index contributed by atoms with van der Waals surface area (Å²) in [5.74, 6) is -3.93. The summed E-state index contributed by atoms with van der Waals surface area (Å²) in [6.07, 6.45) is 6.42. The molecular formula is C43H62O12. The molecule has 5 aliphatic carbocycles. The van der Waals surface area contributed by atoms with Crippen LogP contribution in [0.2, 0.25) is 0 Å². The molecule has 11 atom stereocenters. The number of allylic oxidation sites excluding steroid dienone is 2. The topological polar surface area (TPSA) is 183 Å². The van der Waals surface area contributed by atoms with Crippen LogP contribution in [0.5, 0.6) is 0 Å². The molecule has 0 aromatic carbocycles. The molecule has 306 valence electrons. The van der Waals surface area contributed by atoms with Gasteiger partial charge in [0.05, 0.1) is 12.0 Å². The van der Waals surface area contributed by atoms with Gasteiger partial charge >= 0.3 is 23.9 Å². The van der Waals surface area contributed by atoms with Crippen LogP contribution in [0.3, 0.4) is 0 Å². The van der Waals surface area contributed by atoms with Crippen LogP contribution in [0, 0.1) is 50.2 Å². The SMILES string of the molecule is CCC(=O)OCCCC(=O)O[C@H]1CC[C@@]2(C)C(CC[C@]3(C)C2C(=O)C=C2[C@@H]4C[C@@](C)(C(=O)OC[C@H](O)C5OC(=O)C(O)=C5O)CC[C@]4(C)CC[C@]23C)C1(C)C. The molecule has 4 saturated carbocycles. The average Bonchev–Trinajstić information content (AvgIpc) is 3.38. The van der Waals surface area contributed by atoms with E-state index >= 15 is 0 Å². The van der Waals surface area contributed by atoms with Crippen LogP contribution in [-0.2, 0) is 42.9 Å². The summed E-state index contributed by atoms with van der Waals surface area (Å²) in [5.41, 5.74) is -1.15. The average molecular weight is 771 g/mol. The van der Waals surface area contributed by atoms with Crippen molar-refractivity contribution in [3.8, 4) is 0 Å². The van der Waals surface area contributed by atoms with E-state index in [1.165, 1.54) is 0 Å². The first-order valence-electron chi connectivity index (χ1n) is 20.4. The van der Waals surface area contributed by atoms with E-state index in [0.29, 0.717) is 32.1 Å². The number of esters is 4. The fourth-order valence-electron chi connectivity index (χ4n) is 12.4. The standard InChI is InChI=1S/C43H62O12/c1-9-30(46)52-20-10-11-31(47)54-29-13-14-41(6)28(38(29,2)3)12-15-43(8)35(41)26(44)21-24-25-22-40(5,17-16-39(25,4)18-19-42(24,43)7)37(51)53-23-27(45)34-32(48)33(49)36(50)55-34/h21,25,27-29,34-35,45,48-49H,9-20,22-23H2,1-8H3/t25-,27-,28?,29-,34?,35?,39+,40-,41-,42+,43+/m0/s1. The van der Waals surface area contributed by atoms with Gasteiger partial charge in [-0.15, -0.1) is 0 Å². The smallest absolute Gasteiger partial charge is 0.377 e. The van der Waals surface area contributed by atoms with E-state index < -0.39 is 47.7 Å². The minimum atomic E-state index is -1.56. The number of fused-ring (bicyclic) bond motifs is 7. The summed E-state index contributed by atoms with van der Waals surface area (Å²) in [4.78, 5) is 64.7. The molecule has 0 amide bonds. The zero-order valence-electron chi connectivity index (χ0n) is 34.0. The molecule has 1 aliphatic heterocycles. The molecule has 0 saturated heterocycles. The van der Waals surface area contributed by atoms with Crippen LogP contribution >= 0.6 is 0 Å². The van der Waals surface area contributed by atoms with Gasteiger partial charge in [-0.25, -0.2) is 4.79 Å². The third kappa shape index (κ3) is 6.59. The van der Waals surface area contributed by atoms with Crippen molar-refractivity contribution in [1.29, 1.82) is 0 Å². The van der Waals surface area contributed by atoms with Crippen molar-refractivity contribution in [2.75, 3.05) is 13.2 Å². The summed E-state index contributed by atoms with van der Waals surface area (Å²) < 4.78 is 21.7. The van der Waals surface area contributed by atoms with Crippen LogP contribution in [0.15, 0.2) is 23.2 Å². The van der Waals surface area contributed by atoms with Crippen LogP contribution in [0.1, 0.15) is 132 Å². The zero-order chi connectivity index (χ0) is 40.5. The van der Waals surface area contributed by atoms with Crippen molar-refractivity contribution in [3.05, 3.63) is 23.2 Å². The third-order valence-corrected chi connectivity index (χ3v) is 16.0. The van der Waals surface area contributed by atoms with Gasteiger partial charge in [0, 0.05) is 24.2 Å². The Bertz CT molecular complexity index is 1680. The highest BCUT2D eigenvalue weighted by Gasteiger charge is 2.70. The Kier molecular flexibility index (Phi) is 10.6. The van der Waals surface area contributed by atoms with E-state index in [0.717, 1.165) is 44.1 Å². The lowest BCUT2D eigenvalue weighted by atomic mass is 9.33. The zero-order valence-corrected chi connectivity index (χ0v) is 34.0. The molecule has 3 unspecified atom stereocenters. The number of aliphatic hydroxyl groups excluding tert-OH is 3. The van der Waals surface area contributed by atoms with Gasteiger partial charge in [-0.05, 0) is 111 Å². The molecule has 0 aromatic heterocycles. The van der Waals surface area contributed by atoms with Gasteiger partial charge in [0.25, 0.3) is 0 Å². The van der Waals surface area contributed by atoms with E-state index in [4.69, 9.17) is 18.9 Å². The number of cyclic esters (lactones) is 1. The molecule has 0 bridgehead atoms. The van der Waals surface area contributed by atoms with Crippen molar-refractivity contribution < 1.29 is 58.2 Å². The predicted molar refractivity (Wildman–Crippen MR) is 199 cm³/mol. The second-order valence-corrected chi connectivity index (χ2v) is 19.5. The van der Waals surface area contributed by atoms with E-state index in [-0.39, 0.29) is 81.7 Å². The molecule has 0 aromatic rings. The Morgan fingerprint density at radius 1 is 0.909 bits per heavy atom. The van der Waals surface area contributed by atoms with Gasteiger partial charge in [0.2, 0.25) is 5.76 Å². The summed E-state index contributed by atoms with van der Waals surface area (Å²) in [6.45, 7) is 16.9. The van der Waals surface area contributed by atoms with E-state index in [1.807, 2.05) is 13.0 Å². The number of carbonyl (C=O) groups excluding carboxylic acids is 5. The van der Waals surface area contributed by atoms with Crippen molar-refractivity contribution in [2.24, 2.45) is 50.2 Å². The van der Waals surface area contributed by atoms with Crippen molar-refractivity contribution in [3.63, 3.8) is 0 Å². The summed E-state index contributed by atoms with van der Waals surface area (Å²) in [5, 5.41) is 30.2. The quantitative estimate of drug-likeness (QED) is 0.121. The summed E-state index contributed by atoms with van der Waals surface area (Å²) in [6, 6.07) is 0. The molecule has 4 fully saturated rings. The molecule has 0 spiro atoms. The largest absolute Gasteiger partial charge is 0.505 e. The highest BCUT2D eigenvalue weighted by atomic mass is 16.6. The monoisotopic (exact) mass is 770 g/mol. The third-order valence-electron chi connectivity index (χ3n) is 16.0. The van der Waals surface area contributed by atoms with Crippen LogP contribution < -0.4 is 0 Å². The highest BCUT2D eigenvalue weighted by Crippen LogP contribution is 2.75. The summed E-state index contributed by atoms with van der Waals surface area (Å²) in [7, 11) is 0. The molecule has 1 heterocycles. The second kappa shape index (κ2) is 14.2. The number of hydrogen-bond donors (Lipinski definition) is 3. The van der Waals surface area contributed by atoms with Gasteiger partial charge < -0.3 is 34.3 Å². The number of carbonyl (C=O) groups is 5. The maximum Gasteiger partial charge on any atom is 0.377 e. The molecular weight excluding hydrogens is 708 g/mol. The molecule has 55 heavy (non-hydrogen) atoms.